The van der Waals surface area contributed by atoms with E-state index in [0.717, 1.165) is 24.7 Å². The molecule has 1 heterocycles. The number of nitrogens with one attached hydrogen (secondary N) is 3. The molecule has 1 fully saturated rings. The van der Waals surface area contributed by atoms with Crippen LogP contribution in [0.1, 0.15) is 22.3 Å². The summed E-state index contributed by atoms with van der Waals surface area (Å²) in [6, 6.07) is 14.8. The van der Waals surface area contributed by atoms with Crippen molar-refractivity contribution < 1.29 is 4.79 Å². The van der Waals surface area contributed by atoms with Gasteiger partial charge in [-0.15, -0.1) is 24.0 Å². The van der Waals surface area contributed by atoms with Gasteiger partial charge in [0.2, 0.25) is 5.91 Å². The van der Waals surface area contributed by atoms with Crippen LogP contribution >= 0.6 is 24.0 Å². The second-order valence-corrected chi connectivity index (χ2v) is 7.15. The fraction of sp³-hybridized carbons (Fsp3) is 0.364. The quantitative estimate of drug-likeness (QED) is 0.331. The zero-order chi connectivity index (χ0) is 19.9. The van der Waals surface area contributed by atoms with Crippen molar-refractivity contribution in [1.29, 1.82) is 0 Å². The van der Waals surface area contributed by atoms with Crippen LogP contribution in [0, 0.1) is 13.8 Å². The van der Waals surface area contributed by atoms with E-state index in [1.807, 2.05) is 0 Å². The molecule has 2 aromatic rings. The van der Waals surface area contributed by atoms with Gasteiger partial charge in [-0.1, -0.05) is 35.9 Å². The number of piperazine rings is 1. The lowest BCUT2D eigenvalue weighted by molar-refractivity contribution is -0.120. The largest absolute Gasteiger partial charge is 0.360 e. The Labute approximate surface area is 190 Å². The second-order valence-electron chi connectivity index (χ2n) is 7.15. The van der Waals surface area contributed by atoms with Gasteiger partial charge in [-0.2, -0.15) is 0 Å². The lowest BCUT2D eigenvalue weighted by Crippen LogP contribution is -2.47. The first kappa shape index (κ1) is 23.0. The van der Waals surface area contributed by atoms with Gasteiger partial charge in [0, 0.05) is 38.9 Å². The third-order valence-electron chi connectivity index (χ3n) is 4.97. The molecule has 0 radical (unpaired) electrons. The van der Waals surface area contributed by atoms with Crippen molar-refractivity contribution in [2.75, 3.05) is 31.6 Å². The van der Waals surface area contributed by atoms with E-state index in [2.05, 4.69) is 82.2 Å². The maximum absolute atomic E-state index is 11.5. The molecular formula is C22H30IN5O. The van der Waals surface area contributed by atoms with Crippen molar-refractivity contribution in [2.45, 2.75) is 26.9 Å². The second kappa shape index (κ2) is 11.0. The third-order valence-corrected chi connectivity index (χ3v) is 4.97. The monoisotopic (exact) mass is 507 g/mol. The minimum Gasteiger partial charge on any atom is -0.360 e. The molecule has 7 heteroatoms. The van der Waals surface area contributed by atoms with Gasteiger partial charge in [0.1, 0.15) is 0 Å². The van der Waals surface area contributed by atoms with Gasteiger partial charge in [-0.3, -0.25) is 9.79 Å². The zero-order valence-electron chi connectivity index (χ0n) is 17.3. The van der Waals surface area contributed by atoms with Crippen molar-refractivity contribution in [1.82, 2.24) is 16.0 Å². The predicted octanol–water partition coefficient (Wildman–Crippen LogP) is 2.72. The minimum absolute atomic E-state index is 0. The summed E-state index contributed by atoms with van der Waals surface area (Å²) in [6.07, 6.45) is 0. The highest BCUT2D eigenvalue weighted by molar-refractivity contribution is 14.0. The molecule has 1 amide bonds. The average molecular weight is 507 g/mol. The fourth-order valence-corrected chi connectivity index (χ4v) is 3.31. The Morgan fingerprint density at radius 3 is 2.48 bits per heavy atom. The van der Waals surface area contributed by atoms with Gasteiger partial charge >= 0.3 is 0 Å². The van der Waals surface area contributed by atoms with Crippen molar-refractivity contribution in [3.63, 3.8) is 0 Å². The summed E-state index contributed by atoms with van der Waals surface area (Å²) in [6.45, 7) is 7.63. The van der Waals surface area contributed by atoms with Crippen LogP contribution in [0.25, 0.3) is 0 Å². The first-order valence-electron chi connectivity index (χ1n) is 9.66. The number of nitrogens with zero attached hydrogens (tertiary/aromatic N) is 2. The molecule has 1 aliphatic rings. The number of amides is 1. The van der Waals surface area contributed by atoms with Crippen LogP contribution in [-0.4, -0.2) is 38.5 Å². The van der Waals surface area contributed by atoms with Gasteiger partial charge in [-0.25, -0.2) is 0 Å². The molecule has 0 atom stereocenters. The summed E-state index contributed by atoms with van der Waals surface area (Å²) in [5.41, 5.74) is 6.07. The Hall–Kier alpha value is -2.29. The van der Waals surface area contributed by atoms with E-state index in [4.69, 9.17) is 0 Å². The van der Waals surface area contributed by atoms with Gasteiger partial charge in [0.05, 0.1) is 6.54 Å². The highest BCUT2D eigenvalue weighted by Gasteiger charge is 2.16. The van der Waals surface area contributed by atoms with Crippen molar-refractivity contribution in [3.8, 4) is 0 Å². The van der Waals surface area contributed by atoms with Crippen molar-refractivity contribution >= 4 is 41.5 Å². The highest BCUT2D eigenvalue weighted by Crippen LogP contribution is 2.16. The van der Waals surface area contributed by atoms with Crippen LogP contribution < -0.4 is 20.9 Å². The van der Waals surface area contributed by atoms with Crippen LogP contribution in [0.3, 0.4) is 0 Å². The van der Waals surface area contributed by atoms with E-state index < -0.39 is 0 Å². The number of carbonyl (C=O) groups excluding carboxylic acids is 1. The van der Waals surface area contributed by atoms with E-state index in [-0.39, 0.29) is 29.9 Å². The van der Waals surface area contributed by atoms with Crippen LogP contribution in [0.5, 0.6) is 0 Å². The number of halogens is 1. The summed E-state index contributed by atoms with van der Waals surface area (Å²) in [5.74, 6) is 0.854. The lowest BCUT2D eigenvalue weighted by Gasteiger charge is -2.28. The molecule has 0 unspecified atom stereocenters. The smallest absolute Gasteiger partial charge is 0.239 e. The maximum Gasteiger partial charge on any atom is 0.239 e. The van der Waals surface area contributed by atoms with Crippen LogP contribution in [0.4, 0.5) is 5.69 Å². The third kappa shape index (κ3) is 6.62. The molecule has 156 valence electrons. The molecule has 1 saturated heterocycles. The Morgan fingerprint density at radius 2 is 1.83 bits per heavy atom. The topological polar surface area (TPSA) is 68.8 Å². The number of aliphatic imine (C=N–C) groups is 1. The Kier molecular flexibility index (Phi) is 8.75. The van der Waals surface area contributed by atoms with Crippen LogP contribution in [-0.2, 0) is 17.9 Å². The summed E-state index contributed by atoms with van der Waals surface area (Å²) < 4.78 is 0. The van der Waals surface area contributed by atoms with Crippen molar-refractivity contribution in [3.05, 3.63) is 64.7 Å². The molecule has 2 aromatic carbocycles. The standard InChI is InChI=1S/C22H29N5O.HI/c1-16-4-7-19(17(2)12-16)14-26-22(23-3)25-13-18-5-8-20(9-6-18)27-11-10-24-21(28)15-27;/h4-9,12H,10-11,13-15H2,1-3H3,(H,24,28)(H2,23,25,26);1H. The average Bonchev–Trinajstić information content (AvgIpc) is 2.70. The van der Waals surface area contributed by atoms with Gasteiger partial charge in [-0.05, 0) is 42.7 Å². The molecule has 6 nitrogen and oxygen atoms in total. The SMILES string of the molecule is CN=C(NCc1ccc(N2CCNC(=O)C2)cc1)NCc1ccc(C)cc1C.I. The molecule has 0 aromatic heterocycles. The molecule has 0 aliphatic carbocycles. The van der Waals surface area contributed by atoms with Crippen molar-refractivity contribution in [2.24, 2.45) is 4.99 Å². The van der Waals surface area contributed by atoms with E-state index in [0.29, 0.717) is 19.6 Å². The number of hydrogen-bond acceptors (Lipinski definition) is 3. The fourth-order valence-electron chi connectivity index (χ4n) is 3.31. The minimum atomic E-state index is 0. The molecule has 1 aliphatic heterocycles. The number of aryl methyl sites for hydroxylation is 2. The van der Waals surface area contributed by atoms with Crippen LogP contribution in [0.2, 0.25) is 0 Å². The molecule has 3 N–H and O–H groups in total. The molecule has 29 heavy (non-hydrogen) atoms. The number of benzene rings is 2. The number of hydrogen-bond donors (Lipinski definition) is 3. The number of guanidine groups is 1. The Bertz CT molecular complexity index is 851. The Balaban J connectivity index is 0.00000300. The first-order valence-corrected chi connectivity index (χ1v) is 9.66. The lowest BCUT2D eigenvalue weighted by atomic mass is 10.1. The predicted molar refractivity (Wildman–Crippen MR) is 130 cm³/mol. The summed E-state index contributed by atoms with van der Waals surface area (Å²) >= 11 is 0. The van der Waals surface area contributed by atoms with E-state index in [9.17, 15) is 4.79 Å². The number of carbonyl (C=O) groups is 1. The molecule has 0 saturated carbocycles. The van der Waals surface area contributed by atoms with Gasteiger partial charge < -0.3 is 20.9 Å². The maximum atomic E-state index is 11.5. The summed E-state index contributed by atoms with van der Waals surface area (Å²) in [5, 5.41) is 9.58. The molecular weight excluding hydrogens is 477 g/mol. The van der Waals surface area contributed by atoms with Crippen LogP contribution in [0.15, 0.2) is 47.5 Å². The highest BCUT2D eigenvalue weighted by atomic mass is 127. The van der Waals surface area contributed by atoms with E-state index in [1.165, 1.54) is 22.3 Å². The number of anilines is 1. The molecule has 0 bridgehead atoms. The van der Waals surface area contributed by atoms with E-state index in [1.54, 1.807) is 7.05 Å². The summed E-state index contributed by atoms with van der Waals surface area (Å²) in [4.78, 5) is 17.9. The number of rotatable bonds is 5. The van der Waals surface area contributed by atoms with Gasteiger partial charge in [0.15, 0.2) is 5.96 Å². The summed E-state index contributed by atoms with van der Waals surface area (Å²) in [7, 11) is 1.78. The van der Waals surface area contributed by atoms with E-state index >= 15 is 0 Å². The zero-order valence-corrected chi connectivity index (χ0v) is 19.6. The Morgan fingerprint density at radius 1 is 1.10 bits per heavy atom. The van der Waals surface area contributed by atoms with Gasteiger partial charge in [0.25, 0.3) is 0 Å². The normalized spacial score (nSPS) is 14.1. The molecule has 0 spiro atoms. The first-order chi connectivity index (χ1) is 13.5. The molecule has 3 rings (SSSR count).